The SMILES string of the molecule is C=CCN(c1ccc(C(=O)OCC)cc1C)S(=O)(=O)c1ccc(Cl)cc1. The summed E-state index contributed by atoms with van der Waals surface area (Å²) in [4.78, 5) is 12.0. The molecule has 2 aromatic rings. The van der Waals surface area contributed by atoms with E-state index in [0.29, 0.717) is 21.8 Å². The molecule has 0 aliphatic heterocycles. The summed E-state index contributed by atoms with van der Waals surface area (Å²) >= 11 is 5.85. The third kappa shape index (κ3) is 4.26. The molecule has 0 saturated heterocycles. The quantitative estimate of drug-likeness (QED) is 0.522. The van der Waals surface area contributed by atoms with E-state index in [9.17, 15) is 13.2 Å². The van der Waals surface area contributed by atoms with Crippen molar-refractivity contribution in [3.63, 3.8) is 0 Å². The molecule has 0 spiro atoms. The first kappa shape index (κ1) is 20.0. The van der Waals surface area contributed by atoms with Crippen molar-refractivity contribution in [2.24, 2.45) is 0 Å². The van der Waals surface area contributed by atoms with Crippen LogP contribution in [0.1, 0.15) is 22.8 Å². The first-order valence-corrected chi connectivity index (χ1v) is 9.80. The summed E-state index contributed by atoms with van der Waals surface area (Å²) in [6.07, 6.45) is 1.51. The Morgan fingerprint density at radius 2 is 1.88 bits per heavy atom. The van der Waals surface area contributed by atoms with Crippen molar-refractivity contribution >= 4 is 33.3 Å². The van der Waals surface area contributed by atoms with Crippen LogP contribution < -0.4 is 4.31 Å². The van der Waals surface area contributed by atoms with E-state index in [1.807, 2.05) is 0 Å². The number of ether oxygens (including phenoxy) is 1. The van der Waals surface area contributed by atoms with Crippen molar-refractivity contribution in [2.75, 3.05) is 17.5 Å². The van der Waals surface area contributed by atoms with Crippen LogP contribution >= 0.6 is 11.6 Å². The summed E-state index contributed by atoms with van der Waals surface area (Å²) in [6, 6.07) is 10.7. The second kappa shape index (κ2) is 8.38. The minimum Gasteiger partial charge on any atom is -0.462 e. The van der Waals surface area contributed by atoms with Crippen LogP contribution in [-0.2, 0) is 14.8 Å². The number of aryl methyl sites for hydroxylation is 1. The molecule has 0 heterocycles. The molecule has 0 bridgehead atoms. The Balaban J connectivity index is 2.48. The monoisotopic (exact) mass is 393 g/mol. The fourth-order valence-electron chi connectivity index (χ4n) is 2.45. The molecule has 0 amide bonds. The Hall–Kier alpha value is -2.31. The van der Waals surface area contributed by atoms with Crippen LogP contribution in [0.3, 0.4) is 0 Å². The molecule has 0 saturated carbocycles. The maximum Gasteiger partial charge on any atom is 0.338 e. The summed E-state index contributed by atoms with van der Waals surface area (Å²) < 4.78 is 32.3. The summed E-state index contributed by atoms with van der Waals surface area (Å²) in [5.74, 6) is -0.446. The predicted octanol–water partition coefficient (Wildman–Crippen LogP) is 4.21. The van der Waals surface area contributed by atoms with E-state index in [0.717, 1.165) is 0 Å². The second-order valence-electron chi connectivity index (χ2n) is 5.50. The molecule has 7 heteroatoms. The number of rotatable bonds is 7. The minimum atomic E-state index is -3.81. The molecular formula is C19H20ClNO4S. The van der Waals surface area contributed by atoms with Gasteiger partial charge in [-0.3, -0.25) is 4.31 Å². The number of halogens is 1. The first-order valence-electron chi connectivity index (χ1n) is 7.98. The fraction of sp³-hybridized carbons (Fsp3) is 0.211. The number of carbonyl (C=O) groups excluding carboxylic acids is 1. The van der Waals surface area contributed by atoms with Crippen LogP contribution in [0.25, 0.3) is 0 Å². The number of hydrogen-bond donors (Lipinski definition) is 0. The highest BCUT2D eigenvalue weighted by molar-refractivity contribution is 7.92. The van der Waals surface area contributed by atoms with Gasteiger partial charge in [0.15, 0.2) is 0 Å². The first-order chi connectivity index (χ1) is 12.3. The number of hydrogen-bond acceptors (Lipinski definition) is 4. The van der Waals surface area contributed by atoms with E-state index in [1.54, 1.807) is 32.0 Å². The summed E-state index contributed by atoms with van der Waals surface area (Å²) in [7, 11) is -3.81. The zero-order valence-electron chi connectivity index (χ0n) is 14.6. The second-order valence-corrected chi connectivity index (χ2v) is 7.80. The highest BCUT2D eigenvalue weighted by Crippen LogP contribution is 2.28. The predicted molar refractivity (Wildman–Crippen MR) is 103 cm³/mol. The van der Waals surface area contributed by atoms with Crippen LogP contribution in [-0.4, -0.2) is 27.5 Å². The van der Waals surface area contributed by atoms with Gasteiger partial charge in [0.1, 0.15) is 0 Å². The zero-order valence-corrected chi connectivity index (χ0v) is 16.2. The number of nitrogens with zero attached hydrogens (tertiary/aromatic N) is 1. The van der Waals surface area contributed by atoms with Crippen molar-refractivity contribution in [1.29, 1.82) is 0 Å². The van der Waals surface area contributed by atoms with Gasteiger partial charge in [0.2, 0.25) is 0 Å². The van der Waals surface area contributed by atoms with Crippen LogP contribution in [0, 0.1) is 6.92 Å². The van der Waals surface area contributed by atoms with Gasteiger partial charge in [0.25, 0.3) is 10.0 Å². The molecule has 0 fully saturated rings. The molecule has 0 aliphatic rings. The van der Waals surface area contributed by atoms with E-state index in [4.69, 9.17) is 16.3 Å². The van der Waals surface area contributed by atoms with Gasteiger partial charge in [-0.05, 0) is 61.9 Å². The molecule has 0 N–H and O–H groups in total. The number of benzene rings is 2. The summed E-state index contributed by atoms with van der Waals surface area (Å²) in [5.41, 5.74) is 1.47. The van der Waals surface area contributed by atoms with E-state index in [2.05, 4.69) is 6.58 Å². The average molecular weight is 394 g/mol. The fourth-order valence-corrected chi connectivity index (χ4v) is 4.08. The van der Waals surface area contributed by atoms with Crippen molar-refractivity contribution in [3.8, 4) is 0 Å². The van der Waals surface area contributed by atoms with Gasteiger partial charge in [-0.2, -0.15) is 0 Å². The lowest BCUT2D eigenvalue weighted by atomic mass is 10.1. The van der Waals surface area contributed by atoms with Crippen LogP contribution in [0.4, 0.5) is 5.69 Å². The van der Waals surface area contributed by atoms with Gasteiger partial charge in [-0.1, -0.05) is 17.7 Å². The molecule has 5 nitrogen and oxygen atoms in total. The Morgan fingerprint density at radius 3 is 2.42 bits per heavy atom. The van der Waals surface area contributed by atoms with Gasteiger partial charge >= 0.3 is 5.97 Å². The molecule has 0 radical (unpaired) electrons. The smallest absolute Gasteiger partial charge is 0.338 e. The maximum absolute atomic E-state index is 13.1. The lowest BCUT2D eigenvalue weighted by Crippen LogP contribution is -2.31. The summed E-state index contributed by atoms with van der Waals surface area (Å²) in [6.45, 7) is 7.47. The zero-order chi connectivity index (χ0) is 19.3. The van der Waals surface area contributed by atoms with Crippen LogP contribution in [0.2, 0.25) is 5.02 Å². The molecule has 0 aromatic heterocycles. The molecule has 26 heavy (non-hydrogen) atoms. The van der Waals surface area contributed by atoms with E-state index in [-0.39, 0.29) is 18.0 Å². The molecule has 0 atom stereocenters. The lowest BCUT2D eigenvalue weighted by molar-refractivity contribution is 0.0526. The Kier molecular flexibility index (Phi) is 6.45. The number of sulfonamides is 1. The van der Waals surface area contributed by atoms with E-state index < -0.39 is 16.0 Å². The highest BCUT2D eigenvalue weighted by atomic mass is 35.5. The average Bonchev–Trinajstić information content (AvgIpc) is 2.60. The third-order valence-electron chi connectivity index (χ3n) is 3.67. The van der Waals surface area contributed by atoms with Gasteiger partial charge in [0.05, 0.1) is 29.3 Å². The van der Waals surface area contributed by atoms with Crippen LogP contribution in [0.5, 0.6) is 0 Å². The largest absolute Gasteiger partial charge is 0.462 e. The Bertz CT molecular complexity index is 908. The highest BCUT2D eigenvalue weighted by Gasteiger charge is 2.25. The van der Waals surface area contributed by atoms with E-state index >= 15 is 0 Å². The van der Waals surface area contributed by atoms with Crippen molar-refractivity contribution < 1.29 is 17.9 Å². The number of carbonyl (C=O) groups is 1. The molecular weight excluding hydrogens is 374 g/mol. The van der Waals surface area contributed by atoms with Crippen LogP contribution in [0.15, 0.2) is 60.0 Å². The van der Waals surface area contributed by atoms with Crippen molar-refractivity contribution in [2.45, 2.75) is 18.7 Å². The molecule has 0 aliphatic carbocycles. The maximum atomic E-state index is 13.1. The number of anilines is 1. The molecule has 2 aromatic carbocycles. The normalized spacial score (nSPS) is 11.0. The lowest BCUT2D eigenvalue weighted by Gasteiger charge is -2.25. The van der Waals surface area contributed by atoms with Crippen molar-refractivity contribution in [3.05, 3.63) is 71.3 Å². The third-order valence-corrected chi connectivity index (χ3v) is 5.72. The van der Waals surface area contributed by atoms with Crippen molar-refractivity contribution in [1.82, 2.24) is 0 Å². The standard InChI is InChI=1S/C19H20ClNO4S/c1-4-12-21(26(23,24)17-9-7-16(20)8-10-17)18-11-6-15(13-14(18)3)19(22)25-5-2/h4,6-11,13H,1,5,12H2,2-3H3. The molecule has 138 valence electrons. The summed E-state index contributed by atoms with van der Waals surface area (Å²) in [5, 5.41) is 0.453. The van der Waals surface area contributed by atoms with E-state index in [1.165, 1.54) is 34.6 Å². The van der Waals surface area contributed by atoms with Gasteiger partial charge < -0.3 is 4.74 Å². The minimum absolute atomic E-state index is 0.0879. The topological polar surface area (TPSA) is 63.7 Å². The molecule has 0 unspecified atom stereocenters. The van der Waals surface area contributed by atoms with Gasteiger partial charge in [0, 0.05) is 5.02 Å². The van der Waals surface area contributed by atoms with Gasteiger partial charge in [-0.15, -0.1) is 6.58 Å². The Labute approximate surface area is 158 Å². The Morgan fingerprint density at radius 1 is 1.23 bits per heavy atom. The number of esters is 1. The molecule has 2 rings (SSSR count). The van der Waals surface area contributed by atoms with Gasteiger partial charge in [-0.25, -0.2) is 13.2 Å².